The molecular weight excluding hydrogens is 394 g/mol. The molecule has 1 aromatic carbocycles. The third-order valence-corrected chi connectivity index (χ3v) is 5.18. The first-order chi connectivity index (χ1) is 12.3. The summed E-state index contributed by atoms with van der Waals surface area (Å²) < 4.78 is 8.21. The van der Waals surface area contributed by atoms with Gasteiger partial charge >= 0.3 is 0 Å². The molecule has 0 radical (unpaired) electrons. The van der Waals surface area contributed by atoms with Crippen molar-refractivity contribution in [2.75, 3.05) is 0 Å². The lowest BCUT2D eigenvalue weighted by Gasteiger charge is -2.28. The average Bonchev–Trinajstić information content (AvgIpc) is 2.58. The van der Waals surface area contributed by atoms with Crippen LogP contribution in [0.15, 0.2) is 51.1 Å². The largest absolute Gasteiger partial charge is 0.440 e. The minimum absolute atomic E-state index is 0.0427. The number of pyridine rings is 1. The number of nitriles is 1. The lowest BCUT2D eigenvalue weighted by molar-refractivity contribution is 0.385. The van der Waals surface area contributed by atoms with Gasteiger partial charge in [0, 0.05) is 22.8 Å². The summed E-state index contributed by atoms with van der Waals surface area (Å²) in [6.45, 7) is 6.60. The van der Waals surface area contributed by atoms with Gasteiger partial charge in [-0.05, 0) is 24.5 Å². The molecule has 1 atom stereocenters. The number of nitrogens with zero attached hydrogens (tertiary/aromatic N) is 2. The Morgan fingerprint density at radius 3 is 2.69 bits per heavy atom. The van der Waals surface area contributed by atoms with Gasteiger partial charge in [-0.3, -0.25) is 4.79 Å². The van der Waals surface area contributed by atoms with E-state index in [0.29, 0.717) is 23.8 Å². The number of halogens is 1. The fraction of sp³-hybridized carbons (Fsp3) is 0.300. The van der Waals surface area contributed by atoms with Crippen LogP contribution in [0, 0.1) is 24.2 Å². The number of aryl methyl sites for hydroxylation is 1. The molecule has 0 saturated heterocycles. The number of aromatic nitrogens is 1. The highest BCUT2D eigenvalue weighted by atomic mass is 79.9. The number of allylic oxidation sites excluding steroid dienone is 1. The lowest BCUT2D eigenvalue weighted by atomic mass is 9.84. The number of nitrogens with two attached hydrogens (primary N) is 1. The van der Waals surface area contributed by atoms with E-state index in [1.807, 2.05) is 37.3 Å². The van der Waals surface area contributed by atoms with E-state index in [2.05, 4.69) is 35.8 Å². The first-order valence-electron chi connectivity index (χ1n) is 8.41. The van der Waals surface area contributed by atoms with Crippen LogP contribution in [-0.4, -0.2) is 4.57 Å². The monoisotopic (exact) mass is 413 g/mol. The molecule has 26 heavy (non-hydrogen) atoms. The highest BCUT2D eigenvalue weighted by Crippen LogP contribution is 2.42. The summed E-state index contributed by atoms with van der Waals surface area (Å²) in [5.74, 6) is 0.212. The van der Waals surface area contributed by atoms with Crippen LogP contribution in [-0.2, 0) is 6.54 Å². The van der Waals surface area contributed by atoms with Crippen molar-refractivity contribution in [2.24, 2.45) is 11.7 Å². The Hall–Kier alpha value is -2.52. The van der Waals surface area contributed by atoms with Gasteiger partial charge in [0.15, 0.2) is 0 Å². The van der Waals surface area contributed by atoms with Crippen LogP contribution in [0.25, 0.3) is 0 Å². The lowest BCUT2D eigenvalue weighted by Crippen LogP contribution is -2.33. The van der Waals surface area contributed by atoms with Crippen molar-refractivity contribution in [1.29, 1.82) is 5.26 Å². The average molecular weight is 414 g/mol. The summed E-state index contributed by atoms with van der Waals surface area (Å²) >= 11 is 3.54. The Balaban J connectivity index is 2.34. The van der Waals surface area contributed by atoms with Gasteiger partial charge in [0.1, 0.15) is 17.4 Å². The molecular formula is C20H20BrN3O2. The molecule has 2 heterocycles. The molecule has 134 valence electrons. The van der Waals surface area contributed by atoms with Crippen molar-refractivity contribution in [3.63, 3.8) is 0 Å². The maximum Gasteiger partial charge on any atom is 0.258 e. The predicted molar refractivity (Wildman–Crippen MR) is 104 cm³/mol. The molecule has 0 aliphatic carbocycles. The van der Waals surface area contributed by atoms with Gasteiger partial charge in [-0.1, -0.05) is 48.0 Å². The molecule has 0 bridgehead atoms. The minimum Gasteiger partial charge on any atom is -0.440 e. The van der Waals surface area contributed by atoms with E-state index in [0.717, 1.165) is 15.7 Å². The molecule has 0 saturated carbocycles. The summed E-state index contributed by atoms with van der Waals surface area (Å²) in [5, 5.41) is 9.68. The Labute approximate surface area is 160 Å². The normalized spacial score (nSPS) is 16.2. The number of ether oxygens (including phenoxy) is 1. The SMILES string of the molecule is Cc1cc2c(c(=O)n1CC(C)C)C(c1ccccc1Br)C(C#N)=C(N)O2. The van der Waals surface area contributed by atoms with Crippen LogP contribution in [0.5, 0.6) is 5.75 Å². The summed E-state index contributed by atoms with van der Waals surface area (Å²) in [4.78, 5) is 13.3. The molecule has 2 aromatic rings. The summed E-state index contributed by atoms with van der Waals surface area (Å²) in [5.41, 5.74) is 8.19. The summed E-state index contributed by atoms with van der Waals surface area (Å²) in [7, 11) is 0. The predicted octanol–water partition coefficient (Wildman–Crippen LogP) is 3.79. The minimum atomic E-state index is -0.564. The van der Waals surface area contributed by atoms with Crippen molar-refractivity contribution in [2.45, 2.75) is 33.2 Å². The Kier molecular flexibility index (Phi) is 4.92. The van der Waals surface area contributed by atoms with Crippen molar-refractivity contribution in [3.8, 4) is 11.8 Å². The zero-order chi connectivity index (χ0) is 19.0. The fourth-order valence-electron chi connectivity index (χ4n) is 3.30. The number of hydrogen-bond acceptors (Lipinski definition) is 4. The molecule has 0 fully saturated rings. The van der Waals surface area contributed by atoms with Gasteiger partial charge in [0.25, 0.3) is 5.56 Å². The van der Waals surface area contributed by atoms with Crippen LogP contribution in [0.1, 0.15) is 36.6 Å². The smallest absolute Gasteiger partial charge is 0.258 e. The maximum atomic E-state index is 13.3. The standard InChI is InChI=1S/C20H20BrN3O2/c1-11(2)10-24-12(3)8-16-18(20(24)25)17(14(9-22)19(23)26-16)13-6-4-5-7-15(13)21/h4-8,11,17H,10,23H2,1-3H3. The van der Waals surface area contributed by atoms with Crippen molar-refractivity contribution in [1.82, 2.24) is 4.57 Å². The zero-order valence-corrected chi connectivity index (χ0v) is 16.5. The number of benzene rings is 1. The third kappa shape index (κ3) is 3.04. The highest BCUT2D eigenvalue weighted by molar-refractivity contribution is 9.10. The van der Waals surface area contributed by atoms with Crippen molar-refractivity contribution >= 4 is 15.9 Å². The topological polar surface area (TPSA) is 81.0 Å². The highest BCUT2D eigenvalue weighted by Gasteiger charge is 2.35. The zero-order valence-electron chi connectivity index (χ0n) is 14.9. The summed E-state index contributed by atoms with van der Waals surface area (Å²) in [6.07, 6.45) is 0. The Morgan fingerprint density at radius 2 is 2.08 bits per heavy atom. The van der Waals surface area contributed by atoms with E-state index < -0.39 is 5.92 Å². The maximum absolute atomic E-state index is 13.3. The Bertz CT molecular complexity index is 999. The van der Waals surface area contributed by atoms with Crippen molar-refractivity contribution in [3.05, 3.63) is 73.4 Å². The van der Waals surface area contributed by atoms with E-state index in [4.69, 9.17) is 10.5 Å². The molecule has 5 nitrogen and oxygen atoms in total. The molecule has 0 spiro atoms. The number of rotatable bonds is 3. The van der Waals surface area contributed by atoms with Crippen LogP contribution in [0.3, 0.4) is 0 Å². The van der Waals surface area contributed by atoms with Crippen molar-refractivity contribution < 1.29 is 4.74 Å². The van der Waals surface area contributed by atoms with Crippen LogP contribution < -0.4 is 16.0 Å². The van der Waals surface area contributed by atoms with Gasteiger partial charge in [-0.15, -0.1) is 0 Å². The summed E-state index contributed by atoms with van der Waals surface area (Å²) in [6, 6.07) is 11.5. The second kappa shape index (κ2) is 7.00. The second-order valence-corrected chi connectivity index (χ2v) is 7.67. The molecule has 1 aliphatic heterocycles. The van der Waals surface area contributed by atoms with Crippen LogP contribution in [0.4, 0.5) is 0 Å². The van der Waals surface area contributed by atoms with Crippen LogP contribution in [0.2, 0.25) is 0 Å². The first kappa shape index (κ1) is 18.3. The molecule has 1 unspecified atom stereocenters. The van der Waals surface area contributed by atoms with E-state index in [9.17, 15) is 10.1 Å². The number of fused-ring (bicyclic) bond motifs is 1. The van der Waals surface area contributed by atoms with Gasteiger partial charge in [-0.2, -0.15) is 5.26 Å². The second-order valence-electron chi connectivity index (χ2n) is 6.82. The van der Waals surface area contributed by atoms with E-state index >= 15 is 0 Å². The first-order valence-corrected chi connectivity index (χ1v) is 9.20. The molecule has 0 amide bonds. The number of hydrogen-bond donors (Lipinski definition) is 1. The Morgan fingerprint density at radius 1 is 1.38 bits per heavy atom. The quantitative estimate of drug-likeness (QED) is 0.829. The molecule has 6 heteroatoms. The van der Waals surface area contributed by atoms with Gasteiger partial charge in [0.05, 0.1) is 11.5 Å². The van der Waals surface area contributed by atoms with Gasteiger partial charge < -0.3 is 15.0 Å². The van der Waals surface area contributed by atoms with E-state index in [1.165, 1.54) is 0 Å². The molecule has 3 rings (SSSR count). The van der Waals surface area contributed by atoms with E-state index in [-0.39, 0.29) is 17.0 Å². The van der Waals surface area contributed by atoms with Gasteiger partial charge in [-0.25, -0.2) is 0 Å². The molecule has 1 aromatic heterocycles. The van der Waals surface area contributed by atoms with Gasteiger partial charge in [0.2, 0.25) is 5.88 Å². The third-order valence-electron chi connectivity index (χ3n) is 4.45. The fourth-order valence-corrected chi connectivity index (χ4v) is 3.81. The molecule has 2 N–H and O–H groups in total. The molecule has 1 aliphatic rings. The van der Waals surface area contributed by atoms with E-state index in [1.54, 1.807) is 4.57 Å². The van der Waals surface area contributed by atoms with Crippen LogP contribution >= 0.6 is 15.9 Å².